The minimum Gasteiger partial charge on any atom is -0.382 e. The normalized spacial score (nSPS) is 12.7. The lowest BCUT2D eigenvalue weighted by atomic mass is 10.0. The molecule has 1 aromatic carbocycles. The van der Waals surface area contributed by atoms with Crippen LogP contribution in [0.1, 0.15) is 42.0 Å². The molecule has 2 rings (SSSR count). The maximum Gasteiger partial charge on any atom is 0.121 e. The molecule has 3 heteroatoms. The maximum atomic E-state index is 10.3. The third-order valence-electron chi connectivity index (χ3n) is 3.15. The van der Waals surface area contributed by atoms with Crippen molar-refractivity contribution in [1.29, 1.82) is 0 Å². The lowest BCUT2D eigenvalue weighted by molar-refractivity contribution is 0.209. The Morgan fingerprint density at radius 2 is 1.94 bits per heavy atom. The summed E-state index contributed by atoms with van der Waals surface area (Å²) in [7, 11) is 1.86. The Balaban J connectivity index is 2.23. The Morgan fingerprint density at radius 3 is 2.44 bits per heavy atom. The number of hydrogen-bond acceptors (Lipinski definition) is 2. The molecule has 0 saturated heterocycles. The summed E-state index contributed by atoms with van der Waals surface area (Å²) in [4.78, 5) is 0. The molecule has 3 nitrogen and oxygen atoms in total. The van der Waals surface area contributed by atoms with Crippen LogP contribution in [0.3, 0.4) is 0 Å². The van der Waals surface area contributed by atoms with Crippen LogP contribution >= 0.6 is 0 Å². The third-order valence-corrected chi connectivity index (χ3v) is 3.15. The predicted octanol–water partition coefficient (Wildman–Crippen LogP) is 2.76. The van der Waals surface area contributed by atoms with E-state index in [9.17, 15) is 5.11 Å². The van der Waals surface area contributed by atoms with E-state index in [0.717, 1.165) is 29.8 Å². The topological polar surface area (TPSA) is 38.1 Å². The minimum atomic E-state index is -0.605. The molecule has 0 radical (unpaired) electrons. The first-order valence-electron chi connectivity index (χ1n) is 6.39. The van der Waals surface area contributed by atoms with E-state index in [1.54, 1.807) is 4.68 Å². The number of hydrogen-bond donors (Lipinski definition) is 1. The van der Waals surface area contributed by atoms with Gasteiger partial charge in [-0.15, -0.1) is 0 Å². The molecule has 1 atom stereocenters. The summed E-state index contributed by atoms with van der Waals surface area (Å²) in [6, 6.07) is 10.1. The van der Waals surface area contributed by atoms with Crippen LogP contribution in [0.25, 0.3) is 0 Å². The van der Waals surface area contributed by atoms with E-state index in [-0.39, 0.29) is 0 Å². The molecule has 0 aliphatic carbocycles. The van der Waals surface area contributed by atoms with Crippen LogP contribution in [0, 0.1) is 6.92 Å². The molecule has 0 fully saturated rings. The molecule has 0 bridgehead atoms. The van der Waals surface area contributed by atoms with E-state index in [1.165, 1.54) is 5.56 Å². The lowest BCUT2D eigenvalue weighted by Gasteiger charge is -2.12. The molecule has 1 heterocycles. The van der Waals surface area contributed by atoms with Crippen LogP contribution in [0.4, 0.5) is 0 Å². The average Bonchev–Trinajstić information content (AvgIpc) is 2.69. The Labute approximate surface area is 108 Å². The van der Waals surface area contributed by atoms with Gasteiger partial charge in [0.05, 0.1) is 11.4 Å². The number of aryl methyl sites for hydroxylation is 3. The summed E-state index contributed by atoms with van der Waals surface area (Å²) in [5.74, 6) is 0. The average molecular weight is 244 g/mol. The van der Waals surface area contributed by atoms with Crippen molar-refractivity contribution in [1.82, 2.24) is 9.78 Å². The van der Waals surface area contributed by atoms with E-state index >= 15 is 0 Å². The van der Waals surface area contributed by atoms with Crippen molar-refractivity contribution in [2.45, 2.75) is 32.8 Å². The quantitative estimate of drug-likeness (QED) is 0.898. The fourth-order valence-corrected chi connectivity index (χ4v) is 2.21. The molecule has 96 valence electrons. The standard InChI is InChI=1S/C15H20N2O/c1-4-5-12-6-8-13(9-7-12)15(18)14-10-11(2)16-17(14)3/h6-10,15,18H,4-5H2,1-3H3. The third kappa shape index (κ3) is 2.62. The Morgan fingerprint density at radius 1 is 1.28 bits per heavy atom. The first-order chi connectivity index (χ1) is 8.61. The molecule has 1 aromatic heterocycles. The molecular weight excluding hydrogens is 224 g/mol. The zero-order chi connectivity index (χ0) is 13.1. The van der Waals surface area contributed by atoms with Gasteiger partial charge in [0.2, 0.25) is 0 Å². The number of nitrogens with zero attached hydrogens (tertiary/aromatic N) is 2. The zero-order valence-electron chi connectivity index (χ0n) is 11.2. The van der Waals surface area contributed by atoms with Crippen molar-refractivity contribution in [3.8, 4) is 0 Å². The highest BCUT2D eigenvalue weighted by atomic mass is 16.3. The largest absolute Gasteiger partial charge is 0.382 e. The highest BCUT2D eigenvalue weighted by Gasteiger charge is 2.14. The fourth-order valence-electron chi connectivity index (χ4n) is 2.21. The second kappa shape index (κ2) is 5.36. The van der Waals surface area contributed by atoms with Gasteiger partial charge in [-0.3, -0.25) is 4.68 Å². The van der Waals surface area contributed by atoms with E-state index in [4.69, 9.17) is 0 Å². The fraction of sp³-hybridized carbons (Fsp3) is 0.400. The molecule has 0 amide bonds. The number of benzene rings is 1. The lowest BCUT2D eigenvalue weighted by Crippen LogP contribution is -2.06. The first-order valence-corrected chi connectivity index (χ1v) is 6.39. The summed E-state index contributed by atoms with van der Waals surface area (Å²) < 4.78 is 1.74. The summed E-state index contributed by atoms with van der Waals surface area (Å²) in [5, 5.41) is 14.6. The molecular formula is C15H20N2O. The van der Waals surface area contributed by atoms with Crippen LogP contribution in [0.5, 0.6) is 0 Å². The summed E-state index contributed by atoms with van der Waals surface area (Å²) >= 11 is 0. The Bertz CT molecular complexity index is 514. The van der Waals surface area contributed by atoms with Gasteiger partial charge in [-0.05, 0) is 30.5 Å². The molecule has 2 aromatic rings. The van der Waals surface area contributed by atoms with Gasteiger partial charge < -0.3 is 5.11 Å². The van der Waals surface area contributed by atoms with Crippen LogP contribution in [0.2, 0.25) is 0 Å². The smallest absolute Gasteiger partial charge is 0.121 e. The van der Waals surface area contributed by atoms with Gasteiger partial charge in [0.15, 0.2) is 0 Å². The van der Waals surface area contributed by atoms with E-state index in [2.05, 4.69) is 24.2 Å². The summed E-state index contributed by atoms with van der Waals surface area (Å²) in [6.45, 7) is 4.10. The van der Waals surface area contributed by atoms with Crippen molar-refractivity contribution in [3.63, 3.8) is 0 Å². The van der Waals surface area contributed by atoms with Crippen molar-refractivity contribution in [2.75, 3.05) is 0 Å². The minimum absolute atomic E-state index is 0.605. The van der Waals surface area contributed by atoms with Gasteiger partial charge >= 0.3 is 0 Å². The van der Waals surface area contributed by atoms with Crippen molar-refractivity contribution >= 4 is 0 Å². The number of aliphatic hydroxyl groups is 1. The highest BCUT2D eigenvalue weighted by molar-refractivity contribution is 5.29. The van der Waals surface area contributed by atoms with Gasteiger partial charge in [-0.25, -0.2) is 0 Å². The van der Waals surface area contributed by atoms with Crippen LogP contribution in [0.15, 0.2) is 30.3 Å². The first kappa shape index (κ1) is 12.8. The summed E-state index contributed by atoms with van der Waals surface area (Å²) in [5.41, 5.74) is 3.98. The van der Waals surface area contributed by atoms with Gasteiger partial charge in [-0.2, -0.15) is 5.10 Å². The number of aliphatic hydroxyl groups excluding tert-OH is 1. The predicted molar refractivity (Wildman–Crippen MR) is 72.4 cm³/mol. The van der Waals surface area contributed by atoms with Crippen molar-refractivity contribution in [2.24, 2.45) is 7.05 Å². The molecule has 1 unspecified atom stereocenters. The molecule has 0 saturated carbocycles. The SMILES string of the molecule is CCCc1ccc(C(O)c2cc(C)nn2C)cc1. The van der Waals surface area contributed by atoms with Gasteiger partial charge in [0.1, 0.15) is 6.10 Å². The van der Waals surface area contributed by atoms with Crippen LogP contribution in [-0.4, -0.2) is 14.9 Å². The second-order valence-electron chi connectivity index (χ2n) is 4.73. The van der Waals surface area contributed by atoms with E-state index in [0.29, 0.717) is 0 Å². The van der Waals surface area contributed by atoms with Gasteiger partial charge in [-0.1, -0.05) is 37.6 Å². The molecule has 0 aliphatic heterocycles. The maximum absolute atomic E-state index is 10.3. The monoisotopic (exact) mass is 244 g/mol. The van der Waals surface area contributed by atoms with E-state index < -0.39 is 6.10 Å². The Hall–Kier alpha value is -1.61. The van der Waals surface area contributed by atoms with Gasteiger partial charge in [0, 0.05) is 7.05 Å². The molecule has 1 N–H and O–H groups in total. The molecule has 0 spiro atoms. The number of aromatic nitrogens is 2. The van der Waals surface area contributed by atoms with Gasteiger partial charge in [0.25, 0.3) is 0 Å². The van der Waals surface area contributed by atoms with E-state index in [1.807, 2.05) is 32.2 Å². The van der Waals surface area contributed by atoms with Crippen molar-refractivity contribution in [3.05, 3.63) is 52.8 Å². The Kier molecular flexibility index (Phi) is 3.82. The molecule has 0 aliphatic rings. The number of rotatable bonds is 4. The second-order valence-corrected chi connectivity index (χ2v) is 4.73. The highest BCUT2D eigenvalue weighted by Crippen LogP contribution is 2.22. The molecule has 18 heavy (non-hydrogen) atoms. The van der Waals surface area contributed by atoms with Crippen LogP contribution < -0.4 is 0 Å². The summed E-state index contributed by atoms with van der Waals surface area (Å²) in [6.07, 6.45) is 1.62. The van der Waals surface area contributed by atoms with Crippen LogP contribution in [-0.2, 0) is 13.5 Å². The van der Waals surface area contributed by atoms with Crippen molar-refractivity contribution < 1.29 is 5.11 Å². The zero-order valence-corrected chi connectivity index (χ0v) is 11.2.